The van der Waals surface area contributed by atoms with Crippen LogP contribution in [0.25, 0.3) is 11.3 Å². The van der Waals surface area contributed by atoms with E-state index in [-0.39, 0.29) is 34.7 Å². The van der Waals surface area contributed by atoms with E-state index in [1.165, 1.54) is 0 Å². The molecule has 45 heavy (non-hydrogen) atoms. The van der Waals surface area contributed by atoms with E-state index in [2.05, 4.69) is 28.5 Å². The van der Waals surface area contributed by atoms with Gasteiger partial charge in [-0.25, -0.2) is 28.1 Å². The molecule has 0 amide bonds. The number of hydrogen-bond acceptors (Lipinski definition) is 8. The van der Waals surface area contributed by atoms with E-state index in [1.807, 2.05) is 64.1 Å². The van der Waals surface area contributed by atoms with Crippen LogP contribution in [0.15, 0.2) is 65.8 Å². The van der Waals surface area contributed by atoms with E-state index >= 15 is 0 Å². The Morgan fingerprint density at radius 2 is 1.64 bits per heavy atom. The second-order valence-electron chi connectivity index (χ2n) is 12.9. The summed E-state index contributed by atoms with van der Waals surface area (Å²) in [6, 6.07) is 15.1. The molecule has 1 saturated carbocycles. The van der Waals surface area contributed by atoms with Crippen LogP contribution in [0.3, 0.4) is 0 Å². The zero-order valence-electron chi connectivity index (χ0n) is 26.7. The van der Waals surface area contributed by atoms with Gasteiger partial charge in [0.15, 0.2) is 5.75 Å². The van der Waals surface area contributed by atoms with Gasteiger partial charge >= 0.3 is 0 Å². The molecule has 1 aliphatic heterocycles. The highest BCUT2D eigenvalue weighted by Gasteiger charge is 2.44. The smallest absolute Gasteiger partial charge is 0.264 e. The highest BCUT2D eigenvalue weighted by Crippen LogP contribution is 2.51. The van der Waals surface area contributed by atoms with E-state index in [4.69, 9.17) is 19.4 Å². The number of benzene rings is 2. The number of rotatable bonds is 5. The van der Waals surface area contributed by atoms with Crippen LogP contribution in [-0.4, -0.2) is 41.1 Å². The van der Waals surface area contributed by atoms with Gasteiger partial charge in [0.2, 0.25) is 11.8 Å². The van der Waals surface area contributed by atoms with Gasteiger partial charge in [0.25, 0.3) is 10.0 Å². The molecule has 2 aromatic carbocycles. The Hall–Kier alpha value is -4.05. The van der Waals surface area contributed by atoms with E-state index in [0.29, 0.717) is 35.8 Å². The van der Waals surface area contributed by atoms with Gasteiger partial charge in [-0.15, -0.1) is 0 Å². The minimum Gasteiger partial charge on any atom is -0.488 e. The van der Waals surface area contributed by atoms with Crippen LogP contribution in [0.4, 0.5) is 5.95 Å². The second kappa shape index (κ2) is 12.4. The maximum atomic E-state index is 13.8. The first-order chi connectivity index (χ1) is 21.5. The fourth-order valence-electron chi connectivity index (χ4n) is 7.15. The number of hydrogen-bond donors (Lipinski definition) is 1. The van der Waals surface area contributed by atoms with E-state index in [0.717, 1.165) is 40.9 Å². The number of anilines is 1. The summed E-state index contributed by atoms with van der Waals surface area (Å²) in [7, 11) is -4.01. The normalized spacial score (nSPS) is 22.4. The van der Waals surface area contributed by atoms with Crippen molar-refractivity contribution in [2.75, 3.05) is 11.3 Å². The summed E-state index contributed by atoms with van der Waals surface area (Å²) in [4.78, 5) is 18.9. The molecule has 3 heterocycles. The van der Waals surface area contributed by atoms with Crippen LogP contribution in [0.1, 0.15) is 74.9 Å². The van der Waals surface area contributed by atoms with Crippen molar-refractivity contribution in [3.8, 4) is 22.9 Å². The Balaban J connectivity index is 1.49. The largest absolute Gasteiger partial charge is 0.488 e. The third-order valence-corrected chi connectivity index (χ3v) is 10.4. The summed E-state index contributed by atoms with van der Waals surface area (Å²) < 4.78 is 42.6. The first-order valence-electron chi connectivity index (χ1n) is 15.7. The minimum absolute atomic E-state index is 0.0182. The van der Waals surface area contributed by atoms with Gasteiger partial charge in [0.1, 0.15) is 5.82 Å². The lowest BCUT2D eigenvalue weighted by Gasteiger charge is -2.44. The number of aryl methyl sites for hydroxylation is 2. The maximum Gasteiger partial charge on any atom is 0.264 e. The second-order valence-corrected chi connectivity index (χ2v) is 14.6. The predicted octanol–water partition coefficient (Wildman–Crippen LogP) is 7.08. The van der Waals surface area contributed by atoms with Crippen LogP contribution in [0.2, 0.25) is 0 Å². The fourth-order valence-corrected chi connectivity index (χ4v) is 8.14. The van der Waals surface area contributed by atoms with Gasteiger partial charge in [-0.3, -0.25) is 0 Å². The van der Waals surface area contributed by atoms with Gasteiger partial charge in [-0.2, -0.15) is 4.98 Å². The molecule has 2 aliphatic rings. The molecule has 4 aromatic rings. The number of sulfonamides is 1. The van der Waals surface area contributed by atoms with Crippen LogP contribution in [0.5, 0.6) is 11.6 Å². The molecule has 1 aliphatic carbocycles. The molecular formula is C35H41N5O4S. The third-order valence-electron chi connectivity index (χ3n) is 9.11. The van der Waals surface area contributed by atoms with Crippen molar-refractivity contribution in [2.45, 2.75) is 77.2 Å². The quantitative estimate of drug-likeness (QED) is 0.250. The van der Waals surface area contributed by atoms with Crippen molar-refractivity contribution >= 4 is 16.0 Å². The van der Waals surface area contributed by atoms with Crippen molar-refractivity contribution in [3.63, 3.8) is 0 Å². The average Bonchev–Trinajstić information content (AvgIpc) is 2.99. The summed E-state index contributed by atoms with van der Waals surface area (Å²) in [5.41, 5.74) is 4.52. The van der Waals surface area contributed by atoms with Gasteiger partial charge in [0.05, 0.1) is 35.7 Å². The SMILES string of the molecule is Cc1cccc(C)c1-c1cc2nc(n1)NS(=O)(=O)c1cccc(c1)C1C(c3ncc(OC(C)C)cn3)CCC(C(C)C)C1CO2. The average molecular weight is 628 g/mol. The summed E-state index contributed by atoms with van der Waals surface area (Å²) in [6.07, 6.45) is 5.34. The predicted molar refractivity (Wildman–Crippen MR) is 174 cm³/mol. The van der Waals surface area contributed by atoms with Crippen molar-refractivity contribution in [2.24, 2.45) is 17.8 Å². The summed E-state index contributed by atoms with van der Waals surface area (Å²) in [5, 5.41) is 0. The molecule has 4 atom stereocenters. The van der Waals surface area contributed by atoms with Crippen molar-refractivity contribution in [3.05, 3.63) is 83.4 Å². The van der Waals surface area contributed by atoms with Crippen molar-refractivity contribution in [1.82, 2.24) is 19.9 Å². The molecule has 4 bridgehead atoms. The zero-order chi connectivity index (χ0) is 31.9. The van der Waals surface area contributed by atoms with E-state index in [1.54, 1.807) is 24.5 Å². The van der Waals surface area contributed by atoms with E-state index in [9.17, 15) is 8.42 Å². The van der Waals surface area contributed by atoms with Crippen molar-refractivity contribution in [1.29, 1.82) is 0 Å². The van der Waals surface area contributed by atoms with Gasteiger partial charge in [-0.1, -0.05) is 44.2 Å². The molecule has 0 spiro atoms. The monoisotopic (exact) mass is 627 g/mol. The maximum absolute atomic E-state index is 13.8. The van der Waals surface area contributed by atoms with Gasteiger partial charge in [0, 0.05) is 29.4 Å². The van der Waals surface area contributed by atoms with Crippen LogP contribution >= 0.6 is 0 Å². The summed E-state index contributed by atoms with van der Waals surface area (Å²) in [5.74, 6) is 2.30. The number of fused-ring (bicyclic) bond motifs is 6. The molecule has 6 rings (SSSR count). The highest BCUT2D eigenvalue weighted by molar-refractivity contribution is 7.92. The van der Waals surface area contributed by atoms with Crippen molar-refractivity contribution < 1.29 is 17.9 Å². The van der Waals surface area contributed by atoms with E-state index < -0.39 is 10.0 Å². The lowest BCUT2D eigenvalue weighted by Crippen LogP contribution is -2.39. The Morgan fingerprint density at radius 1 is 0.933 bits per heavy atom. The number of nitrogens with one attached hydrogen (secondary N) is 1. The Morgan fingerprint density at radius 3 is 2.33 bits per heavy atom. The summed E-state index contributed by atoms with van der Waals surface area (Å²) >= 11 is 0. The third kappa shape index (κ3) is 6.38. The Bertz CT molecular complexity index is 1770. The topological polar surface area (TPSA) is 116 Å². The fraction of sp³-hybridized carbons (Fsp3) is 0.429. The lowest BCUT2D eigenvalue weighted by atomic mass is 9.61. The molecule has 9 nitrogen and oxygen atoms in total. The molecule has 10 heteroatoms. The van der Waals surface area contributed by atoms with Crippen LogP contribution in [0, 0.1) is 31.6 Å². The molecule has 1 fully saturated rings. The molecule has 0 saturated heterocycles. The van der Waals surface area contributed by atoms with Gasteiger partial charge < -0.3 is 9.47 Å². The minimum atomic E-state index is -4.01. The molecule has 0 radical (unpaired) electrons. The standard InChI is InChI=1S/C35H41N5O4S/c1-20(2)27-13-14-28(34-36-17-25(18-37-34)44-21(3)4)33-24-11-8-12-26(15-24)45(41,42)40-35-38-30(16-31(39-35)43-19-29(27)33)32-22(5)9-7-10-23(32)6/h7-12,15-18,20-21,27-29,33H,13-14,19H2,1-6H3,(H,38,39,40). The molecular weight excluding hydrogens is 586 g/mol. The number of ether oxygens (including phenoxy) is 2. The number of nitrogens with zero attached hydrogens (tertiary/aromatic N) is 4. The Labute approximate surface area is 265 Å². The molecule has 1 N–H and O–H groups in total. The zero-order valence-corrected chi connectivity index (χ0v) is 27.5. The lowest BCUT2D eigenvalue weighted by molar-refractivity contribution is 0.0807. The summed E-state index contributed by atoms with van der Waals surface area (Å²) in [6.45, 7) is 12.9. The molecule has 236 valence electrons. The van der Waals surface area contributed by atoms with Crippen LogP contribution < -0.4 is 14.2 Å². The molecule has 2 aromatic heterocycles. The van der Waals surface area contributed by atoms with Gasteiger partial charge in [-0.05, 0) is 81.2 Å². The first kappa shape index (κ1) is 31.0. The Kier molecular flexibility index (Phi) is 8.52. The first-order valence-corrected chi connectivity index (χ1v) is 17.2. The number of aromatic nitrogens is 4. The highest BCUT2D eigenvalue weighted by atomic mass is 32.2. The van der Waals surface area contributed by atoms with Crippen LogP contribution in [-0.2, 0) is 10.0 Å². The molecule has 4 unspecified atom stereocenters.